The van der Waals surface area contributed by atoms with Gasteiger partial charge in [-0.25, -0.2) is 4.79 Å². The number of carbonyl (C=O) groups excluding carboxylic acids is 1. The van der Waals surface area contributed by atoms with Gasteiger partial charge in [0.15, 0.2) is 0 Å². The monoisotopic (exact) mass is 318 g/mol. The van der Waals surface area contributed by atoms with Crippen molar-refractivity contribution in [3.05, 3.63) is 76.2 Å². The molecular formula is C19H14N2O3. The van der Waals surface area contributed by atoms with Crippen LogP contribution in [-0.2, 0) is 0 Å². The van der Waals surface area contributed by atoms with E-state index in [9.17, 15) is 9.59 Å². The van der Waals surface area contributed by atoms with Gasteiger partial charge in [0.25, 0.3) is 5.56 Å². The third kappa shape index (κ3) is 2.27. The molecule has 4 aromatic rings. The number of pyridine rings is 1. The van der Waals surface area contributed by atoms with Crippen LogP contribution >= 0.6 is 0 Å². The van der Waals surface area contributed by atoms with E-state index in [-0.39, 0.29) is 5.56 Å². The van der Waals surface area contributed by atoms with Gasteiger partial charge in [-0.1, -0.05) is 18.2 Å². The maximum Gasteiger partial charge on any atom is 0.343 e. The maximum absolute atomic E-state index is 12.2. The van der Waals surface area contributed by atoms with E-state index in [1.165, 1.54) is 0 Å². The molecule has 2 aromatic carbocycles. The lowest BCUT2D eigenvalue weighted by Crippen LogP contribution is -2.08. The van der Waals surface area contributed by atoms with Crippen LogP contribution in [0.15, 0.2) is 59.5 Å². The highest BCUT2D eigenvalue weighted by atomic mass is 16.5. The van der Waals surface area contributed by atoms with Gasteiger partial charge in [0.05, 0.1) is 16.5 Å². The number of ether oxygens (including phenoxy) is 1. The molecule has 2 heterocycles. The van der Waals surface area contributed by atoms with Gasteiger partial charge in [0.2, 0.25) is 0 Å². The van der Waals surface area contributed by atoms with E-state index in [4.69, 9.17) is 4.74 Å². The Bertz CT molecular complexity index is 1120. The van der Waals surface area contributed by atoms with Crippen molar-refractivity contribution in [2.45, 2.75) is 6.92 Å². The van der Waals surface area contributed by atoms with Crippen LogP contribution in [-0.4, -0.2) is 15.9 Å². The summed E-state index contributed by atoms with van der Waals surface area (Å²) in [7, 11) is 0. The lowest BCUT2D eigenvalue weighted by atomic mass is 10.1. The molecule has 0 bridgehead atoms. The minimum Gasteiger partial charge on any atom is -0.423 e. The fourth-order valence-corrected chi connectivity index (χ4v) is 2.82. The summed E-state index contributed by atoms with van der Waals surface area (Å²) in [6.07, 6.45) is 1.68. The number of aryl methyl sites for hydroxylation is 1. The molecule has 4 rings (SSSR count). The van der Waals surface area contributed by atoms with Gasteiger partial charge in [-0.15, -0.1) is 0 Å². The minimum atomic E-state index is -0.431. The topological polar surface area (TPSA) is 74.9 Å². The van der Waals surface area contributed by atoms with E-state index in [0.29, 0.717) is 16.7 Å². The molecule has 0 aliphatic carbocycles. The number of carbonyl (C=O) groups is 1. The van der Waals surface area contributed by atoms with Crippen LogP contribution in [0, 0.1) is 6.92 Å². The van der Waals surface area contributed by atoms with Crippen LogP contribution in [0.5, 0.6) is 5.75 Å². The number of aromatic amines is 2. The summed E-state index contributed by atoms with van der Waals surface area (Å²) in [6.45, 7) is 1.92. The molecule has 0 radical (unpaired) electrons. The van der Waals surface area contributed by atoms with Gasteiger partial charge in [-0.3, -0.25) is 4.79 Å². The molecule has 0 saturated heterocycles. The summed E-state index contributed by atoms with van der Waals surface area (Å²) in [6, 6.07) is 14.0. The molecule has 0 saturated carbocycles. The SMILES string of the molecule is Cc1c[nH]c(=O)c2c1[nH]c1ccc(OC(=O)c3ccccc3)cc12. The molecule has 24 heavy (non-hydrogen) atoms. The first-order valence-corrected chi connectivity index (χ1v) is 7.54. The van der Waals surface area contributed by atoms with Gasteiger partial charge >= 0.3 is 5.97 Å². The first kappa shape index (κ1) is 14.3. The Morgan fingerprint density at radius 1 is 1.08 bits per heavy atom. The third-order valence-corrected chi connectivity index (χ3v) is 4.03. The van der Waals surface area contributed by atoms with Crippen molar-refractivity contribution in [3.8, 4) is 5.75 Å². The molecule has 0 amide bonds. The maximum atomic E-state index is 12.2. The predicted octanol–water partition coefficient (Wildman–Crippen LogP) is 3.54. The zero-order valence-electron chi connectivity index (χ0n) is 12.9. The van der Waals surface area contributed by atoms with E-state index < -0.39 is 5.97 Å². The molecule has 0 spiro atoms. The van der Waals surface area contributed by atoms with Crippen LogP contribution < -0.4 is 10.3 Å². The highest BCUT2D eigenvalue weighted by molar-refractivity contribution is 6.08. The molecule has 2 N–H and O–H groups in total. The first-order valence-electron chi connectivity index (χ1n) is 7.54. The van der Waals surface area contributed by atoms with Crippen molar-refractivity contribution in [1.29, 1.82) is 0 Å². The second kappa shape index (κ2) is 5.38. The number of nitrogens with one attached hydrogen (secondary N) is 2. The summed E-state index contributed by atoms with van der Waals surface area (Å²) in [5, 5.41) is 1.30. The largest absolute Gasteiger partial charge is 0.423 e. The molecule has 118 valence electrons. The van der Waals surface area contributed by atoms with Gasteiger partial charge in [-0.2, -0.15) is 0 Å². The van der Waals surface area contributed by atoms with Crippen molar-refractivity contribution in [2.24, 2.45) is 0 Å². The molecule has 0 aliphatic heterocycles. The Balaban J connectivity index is 1.81. The average molecular weight is 318 g/mol. The summed E-state index contributed by atoms with van der Waals surface area (Å²) in [4.78, 5) is 30.3. The molecule has 5 heteroatoms. The summed E-state index contributed by atoms with van der Waals surface area (Å²) >= 11 is 0. The molecule has 0 fully saturated rings. The number of hydrogen-bond donors (Lipinski definition) is 2. The number of benzene rings is 2. The molecule has 5 nitrogen and oxygen atoms in total. The summed E-state index contributed by atoms with van der Waals surface area (Å²) in [5.74, 6) is -0.0296. The Morgan fingerprint density at radius 3 is 2.67 bits per heavy atom. The van der Waals surface area contributed by atoms with Gasteiger partial charge in [0.1, 0.15) is 5.75 Å². The minimum absolute atomic E-state index is 0.173. The van der Waals surface area contributed by atoms with Crippen molar-refractivity contribution >= 4 is 27.8 Å². The Hall–Kier alpha value is -3.34. The number of hydrogen-bond acceptors (Lipinski definition) is 3. The normalized spacial score (nSPS) is 11.0. The quantitative estimate of drug-likeness (QED) is 0.438. The van der Waals surface area contributed by atoms with E-state index in [1.54, 1.807) is 42.6 Å². The standard InChI is InChI=1S/C19H14N2O3/c1-11-10-20-18(22)16-14-9-13(7-8-15(14)21-17(11)16)24-19(23)12-5-3-2-4-6-12/h2-10,21H,1H3,(H,20,22). The Morgan fingerprint density at radius 2 is 1.88 bits per heavy atom. The van der Waals surface area contributed by atoms with Crippen molar-refractivity contribution in [2.75, 3.05) is 0 Å². The second-order valence-electron chi connectivity index (χ2n) is 5.64. The average Bonchev–Trinajstić information content (AvgIpc) is 2.99. The van der Waals surface area contributed by atoms with Crippen LogP contribution in [0.1, 0.15) is 15.9 Å². The van der Waals surface area contributed by atoms with Gasteiger partial charge in [0, 0.05) is 17.1 Å². The lowest BCUT2D eigenvalue weighted by Gasteiger charge is -2.04. The van der Waals surface area contributed by atoms with Crippen molar-refractivity contribution in [3.63, 3.8) is 0 Å². The summed E-state index contributed by atoms with van der Waals surface area (Å²) < 4.78 is 5.43. The number of rotatable bonds is 2. The van der Waals surface area contributed by atoms with E-state index in [2.05, 4.69) is 9.97 Å². The highest BCUT2D eigenvalue weighted by Gasteiger charge is 2.13. The van der Waals surface area contributed by atoms with E-state index >= 15 is 0 Å². The van der Waals surface area contributed by atoms with E-state index in [0.717, 1.165) is 22.0 Å². The molecule has 0 unspecified atom stereocenters. The number of fused-ring (bicyclic) bond motifs is 3. The van der Waals surface area contributed by atoms with Crippen molar-refractivity contribution < 1.29 is 9.53 Å². The Labute approximate surface area is 136 Å². The highest BCUT2D eigenvalue weighted by Crippen LogP contribution is 2.28. The van der Waals surface area contributed by atoms with Crippen LogP contribution in [0.4, 0.5) is 0 Å². The number of H-pyrrole nitrogens is 2. The Kier molecular flexibility index (Phi) is 3.20. The molecular weight excluding hydrogens is 304 g/mol. The number of aromatic nitrogens is 2. The first-order chi connectivity index (χ1) is 11.6. The zero-order valence-corrected chi connectivity index (χ0v) is 12.9. The fraction of sp³-hybridized carbons (Fsp3) is 0.0526. The fourth-order valence-electron chi connectivity index (χ4n) is 2.82. The lowest BCUT2D eigenvalue weighted by molar-refractivity contribution is 0.0735. The van der Waals surface area contributed by atoms with Crippen LogP contribution in [0.3, 0.4) is 0 Å². The number of esters is 1. The van der Waals surface area contributed by atoms with Gasteiger partial charge < -0.3 is 14.7 Å². The third-order valence-electron chi connectivity index (χ3n) is 4.03. The van der Waals surface area contributed by atoms with Gasteiger partial charge in [-0.05, 0) is 42.8 Å². The van der Waals surface area contributed by atoms with Crippen molar-refractivity contribution in [1.82, 2.24) is 9.97 Å². The molecule has 2 aromatic heterocycles. The summed E-state index contributed by atoms with van der Waals surface area (Å²) in [5.41, 5.74) is 2.87. The van der Waals surface area contributed by atoms with Crippen LogP contribution in [0.25, 0.3) is 21.8 Å². The zero-order chi connectivity index (χ0) is 16.7. The molecule has 0 atom stereocenters. The van der Waals surface area contributed by atoms with Crippen LogP contribution in [0.2, 0.25) is 0 Å². The van der Waals surface area contributed by atoms with E-state index in [1.807, 2.05) is 19.1 Å². The second-order valence-corrected chi connectivity index (χ2v) is 5.64. The predicted molar refractivity (Wildman–Crippen MR) is 92.6 cm³/mol. The molecule has 0 aliphatic rings. The smallest absolute Gasteiger partial charge is 0.343 e.